The van der Waals surface area contributed by atoms with E-state index in [1.54, 1.807) is 7.11 Å². The summed E-state index contributed by atoms with van der Waals surface area (Å²) in [7, 11) is 1.60. The number of aromatic nitrogens is 2. The molecule has 4 rings (SSSR count). The molecular weight excluding hydrogens is 394 g/mol. The molecule has 0 N–H and O–H groups in total. The van der Waals surface area contributed by atoms with E-state index in [0.29, 0.717) is 36.2 Å². The largest absolute Gasteiger partial charge is 0.493 e. The average molecular weight is 421 g/mol. The second kappa shape index (κ2) is 8.79. The van der Waals surface area contributed by atoms with Crippen molar-refractivity contribution in [2.45, 2.75) is 45.6 Å². The van der Waals surface area contributed by atoms with Gasteiger partial charge in [-0.05, 0) is 50.1 Å². The lowest BCUT2D eigenvalue weighted by molar-refractivity contribution is -0.117. The molecule has 0 saturated carbocycles. The maximum Gasteiger partial charge on any atom is 0.232 e. The zero-order valence-corrected chi connectivity index (χ0v) is 18.3. The number of ether oxygens (including phenoxy) is 2. The zero-order chi connectivity index (χ0) is 22.0. The number of amides is 1. The Hall–Kier alpha value is -3.35. The van der Waals surface area contributed by atoms with E-state index in [4.69, 9.17) is 14.0 Å². The van der Waals surface area contributed by atoms with E-state index in [1.807, 2.05) is 55.1 Å². The van der Waals surface area contributed by atoms with Crippen LogP contribution in [0.3, 0.4) is 0 Å². The highest BCUT2D eigenvalue weighted by molar-refractivity contribution is 5.97. The Morgan fingerprint density at radius 3 is 2.74 bits per heavy atom. The van der Waals surface area contributed by atoms with Crippen LogP contribution in [-0.2, 0) is 11.2 Å². The van der Waals surface area contributed by atoms with E-state index in [9.17, 15) is 4.79 Å². The van der Waals surface area contributed by atoms with Gasteiger partial charge in [-0.2, -0.15) is 4.98 Å². The summed E-state index contributed by atoms with van der Waals surface area (Å²) in [5.41, 5.74) is 2.88. The van der Waals surface area contributed by atoms with Crippen molar-refractivity contribution in [3.8, 4) is 22.9 Å². The van der Waals surface area contributed by atoms with Gasteiger partial charge < -0.3 is 18.9 Å². The summed E-state index contributed by atoms with van der Waals surface area (Å²) in [4.78, 5) is 19.1. The number of hydrogen-bond donors (Lipinski definition) is 0. The molecule has 1 unspecified atom stereocenters. The minimum atomic E-state index is -0.135. The van der Waals surface area contributed by atoms with Crippen molar-refractivity contribution in [1.29, 1.82) is 0 Å². The third-order valence-corrected chi connectivity index (χ3v) is 5.36. The van der Waals surface area contributed by atoms with Gasteiger partial charge in [0, 0.05) is 24.2 Å². The molecule has 7 nitrogen and oxygen atoms in total. The number of methoxy groups -OCH3 is 1. The Morgan fingerprint density at radius 1 is 1.19 bits per heavy atom. The van der Waals surface area contributed by atoms with Gasteiger partial charge in [0.15, 0.2) is 11.5 Å². The molecule has 31 heavy (non-hydrogen) atoms. The SMILES string of the molecule is CCc1ccccc1N1CC(c2nc(-c3ccc(OC(C)C)c(OC)c3)no2)CC1=O. The summed E-state index contributed by atoms with van der Waals surface area (Å²) < 4.78 is 16.8. The molecule has 1 atom stereocenters. The first-order valence-electron chi connectivity index (χ1n) is 10.6. The molecule has 1 amide bonds. The molecule has 0 radical (unpaired) electrons. The second-order valence-corrected chi connectivity index (χ2v) is 7.88. The molecule has 162 valence electrons. The van der Waals surface area contributed by atoms with Gasteiger partial charge in [-0.1, -0.05) is 30.3 Å². The van der Waals surface area contributed by atoms with Crippen molar-refractivity contribution in [3.05, 3.63) is 53.9 Å². The van der Waals surface area contributed by atoms with Crippen LogP contribution in [-0.4, -0.2) is 35.8 Å². The number of aryl methyl sites for hydroxylation is 1. The van der Waals surface area contributed by atoms with Crippen LogP contribution in [0.15, 0.2) is 47.0 Å². The summed E-state index contributed by atoms with van der Waals surface area (Å²) >= 11 is 0. The van der Waals surface area contributed by atoms with Crippen LogP contribution < -0.4 is 14.4 Å². The van der Waals surface area contributed by atoms with Crippen LogP contribution in [0.4, 0.5) is 5.69 Å². The second-order valence-electron chi connectivity index (χ2n) is 7.88. The van der Waals surface area contributed by atoms with Crippen molar-refractivity contribution in [1.82, 2.24) is 10.1 Å². The summed E-state index contributed by atoms with van der Waals surface area (Å²) in [6.45, 7) is 6.54. The molecular formula is C24H27N3O4. The van der Waals surface area contributed by atoms with Crippen molar-refractivity contribution in [2.24, 2.45) is 0 Å². The zero-order valence-electron chi connectivity index (χ0n) is 18.3. The van der Waals surface area contributed by atoms with Gasteiger partial charge in [0.2, 0.25) is 17.6 Å². The fourth-order valence-corrected chi connectivity index (χ4v) is 3.86. The number of benzene rings is 2. The molecule has 0 bridgehead atoms. The maximum atomic E-state index is 12.7. The topological polar surface area (TPSA) is 77.7 Å². The van der Waals surface area contributed by atoms with Crippen molar-refractivity contribution >= 4 is 11.6 Å². The third-order valence-electron chi connectivity index (χ3n) is 5.36. The molecule has 3 aromatic rings. The average Bonchev–Trinajstić information content (AvgIpc) is 3.40. The Bertz CT molecular complexity index is 1080. The van der Waals surface area contributed by atoms with Crippen LogP contribution in [0, 0.1) is 0 Å². The normalized spacial score (nSPS) is 16.2. The first-order chi connectivity index (χ1) is 15.0. The molecule has 1 fully saturated rings. The minimum absolute atomic E-state index is 0.0391. The predicted octanol–water partition coefficient (Wildman–Crippen LogP) is 4.62. The molecule has 1 aliphatic heterocycles. The van der Waals surface area contributed by atoms with Gasteiger partial charge in [0.25, 0.3) is 0 Å². The first-order valence-corrected chi connectivity index (χ1v) is 10.6. The van der Waals surface area contributed by atoms with Crippen molar-refractivity contribution in [3.63, 3.8) is 0 Å². The number of carbonyl (C=O) groups is 1. The Kier molecular flexibility index (Phi) is 5.93. The van der Waals surface area contributed by atoms with E-state index in [0.717, 1.165) is 23.2 Å². The monoisotopic (exact) mass is 421 g/mol. The standard InChI is InChI=1S/C24H27N3O4/c1-5-16-8-6-7-9-19(16)27-14-18(13-22(27)28)24-25-23(26-31-24)17-10-11-20(30-15(2)3)21(12-17)29-4/h6-12,15,18H,5,13-14H2,1-4H3. The van der Waals surface area contributed by atoms with Crippen molar-refractivity contribution in [2.75, 3.05) is 18.6 Å². The highest BCUT2D eigenvalue weighted by atomic mass is 16.5. The Morgan fingerprint density at radius 2 is 2.00 bits per heavy atom. The third kappa shape index (κ3) is 4.26. The lowest BCUT2D eigenvalue weighted by Gasteiger charge is -2.19. The summed E-state index contributed by atoms with van der Waals surface area (Å²) in [5.74, 6) is 2.14. The number of rotatable bonds is 7. The van der Waals surface area contributed by atoms with E-state index < -0.39 is 0 Å². The fraction of sp³-hybridized carbons (Fsp3) is 0.375. The van der Waals surface area contributed by atoms with E-state index >= 15 is 0 Å². The Balaban J connectivity index is 1.55. The number of nitrogens with zero attached hydrogens (tertiary/aromatic N) is 3. The van der Waals surface area contributed by atoms with Gasteiger partial charge in [-0.3, -0.25) is 4.79 Å². The van der Waals surface area contributed by atoms with Gasteiger partial charge in [-0.15, -0.1) is 0 Å². The fourth-order valence-electron chi connectivity index (χ4n) is 3.86. The molecule has 0 spiro atoms. The summed E-state index contributed by atoms with van der Waals surface area (Å²) in [5, 5.41) is 4.14. The summed E-state index contributed by atoms with van der Waals surface area (Å²) in [6.07, 6.45) is 1.26. The smallest absolute Gasteiger partial charge is 0.232 e. The molecule has 2 heterocycles. The van der Waals surface area contributed by atoms with E-state index in [-0.39, 0.29) is 17.9 Å². The van der Waals surface area contributed by atoms with E-state index in [1.165, 1.54) is 0 Å². The highest BCUT2D eigenvalue weighted by Crippen LogP contribution is 2.35. The highest BCUT2D eigenvalue weighted by Gasteiger charge is 2.35. The number of hydrogen-bond acceptors (Lipinski definition) is 6. The quantitative estimate of drug-likeness (QED) is 0.554. The van der Waals surface area contributed by atoms with Crippen LogP contribution in [0.5, 0.6) is 11.5 Å². The number of para-hydroxylation sites is 1. The molecule has 7 heteroatoms. The molecule has 2 aromatic carbocycles. The van der Waals surface area contributed by atoms with Crippen LogP contribution in [0.1, 0.15) is 44.6 Å². The predicted molar refractivity (Wildman–Crippen MR) is 118 cm³/mol. The Labute approximate surface area is 182 Å². The first kappa shape index (κ1) is 20.9. The molecule has 1 saturated heterocycles. The lowest BCUT2D eigenvalue weighted by atomic mass is 10.1. The lowest BCUT2D eigenvalue weighted by Crippen LogP contribution is -2.25. The van der Waals surface area contributed by atoms with Crippen molar-refractivity contribution < 1.29 is 18.8 Å². The van der Waals surface area contributed by atoms with Gasteiger partial charge in [0.05, 0.1) is 19.1 Å². The van der Waals surface area contributed by atoms with Crippen LogP contribution in [0.2, 0.25) is 0 Å². The minimum Gasteiger partial charge on any atom is -0.493 e. The van der Waals surface area contributed by atoms with E-state index in [2.05, 4.69) is 23.1 Å². The number of anilines is 1. The molecule has 1 aliphatic rings. The summed E-state index contributed by atoms with van der Waals surface area (Å²) in [6, 6.07) is 13.5. The van der Waals surface area contributed by atoms with Crippen LogP contribution in [0.25, 0.3) is 11.4 Å². The molecule has 1 aromatic heterocycles. The van der Waals surface area contributed by atoms with Gasteiger partial charge in [-0.25, -0.2) is 0 Å². The van der Waals surface area contributed by atoms with Crippen LogP contribution >= 0.6 is 0 Å². The van der Waals surface area contributed by atoms with Gasteiger partial charge in [0.1, 0.15) is 0 Å². The number of carbonyl (C=O) groups excluding carboxylic acids is 1. The van der Waals surface area contributed by atoms with Gasteiger partial charge >= 0.3 is 0 Å². The molecule has 0 aliphatic carbocycles. The maximum absolute atomic E-state index is 12.7.